The van der Waals surface area contributed by atoms with Crippen molar-refractivity contribution in [3.63, 3.8) is 0 Å². The maximum Gasteiger partial charge on any atom is 0.0786 e. The molecule has 0 heterocycles. The summed E-state index contributed by atoms with van der Waals surface area (Å²) < 4.78 is 6.32. The monoisotopic (exact) mass is 252 g/mol. The van der Waals surface area contributed by atoms with Crippen molar-refractivity contribution in [1.29, 1.82) is 0 Å². The third kappa shape index (κ3) is 4.40. The molecule has 0 aliphatic carbocycles. The highest BCUT2D eigenvalue weighted by molar-refractivity contribution is 9.11. The number of benzene rings is 1. The fraction of sp³-hybridized carbons (Fsp3) is 0.167. The zero-order valence-electron chi connectivity index (χ0n) is 7.95. The van der Waals surface area contributed by atoms with E-state index in [1.807, 2.05) is 24.3 Å². The van der Waals surface area contributed by atoms with Gasteiger partial charge in [-0.05, 0) is 11.6 Å². The largest absolute Gasteiger partial charge is 0.372 e. The third-order valence-electron chi connectivity index (χ3n) is 1.60. The van der Waals surface area contributed by atoms with Gasteiger partial charge >= 0.3 is 0 Å². The van der Waals surface area contributed by atoms with E-state index in [2.05, 4.69) is 34.6 Å². The lowest BCUT2D eigenvalue weighted by atomic mass is 10.2. The number of hydrogen-bond donors (Lipinski definition) is 0. The van der Waals surface area contributed by atoms with E-state index in [0.717, 1.165) is 4.48 Å². The Labute approximate surface area is 93.2 Å². The van der Waals surface area contributed by atoms with Gasteiger partial charge in [0.2, 0.25) is 0 Å². The van der Waals surface area contributed by atoms with Gasteiger partial charge in [0.05, 0.1) is 13.2 Å². The molecule has 1 rings (SSSR count). The van der Waals surface area contributed by atoms with Crippen LogP contribution in [0.3, 0.4) is 0 Å². The van der Waals surface area contributed by atoms with Crippen molar-refractivity contribution in [2.75, 3.05) is 13.2 Å². The Morgan fingerprint density at radius 2 is 2.07 bits per heavy atom. The van der Waals surface area contributed by atoms with Crippen LogP contribution < -0.4 is 0 Å². The highest BCUT2D eigenvalue weighted by Crippen LogP contribution is 2.12. The molecule has 14 heavy (non-hydrogen) atoms. The van der Waals surface area contributed by atoms with Crippen LogP contribution in [-0.2, 0) is 4.74 Å². The Bertz CT molecular complexity index is 303. The average molecular weight is 253 g/mol. The molecule has 0 atom stereocenters. The van der Waals surface area contributed by atoms with Gasteiger partial charge in [-0.15, -0.1) is 6.58 Å². The van der Waals surface area contributed by atoms with E-state index in [9.17, 15) is 0 Å². The van der Waals surface area contributed by atoms with Crippen LogP contribution in [0.4, 0.5) is 0 Å². The summed E-state index contributed by atoms with van der Waals surface area (Å²) in [5.74, 6) is 0. The van der Waals surface area contributed by atoms with Gasteiger partial charge in [0.15, 0.2) is 0 Å². The molecular formula is C12H13BrO. The summed E-state index contributed by atoms with van der Waals surface area (Å²) in [6.45, 7) is 4.75. The number of rotatable bonds is 5. The van der Waals surface area contributed by atoms with Crippen LogP contribution in [0.2, 0.25) is 0 Å². The van der Waals surface area contributed by atoms with Gasteiger partial charge in [0.1, 0.15) is 0 Å². The van der Waals surface area contributed by atoms with Crippen LogP contribution >= 0.6 is 15.9 Å². The first-order chi connectivity index (χ1) is 6.83. The highest BCUT2D eigenvalue weighted by atomic mass is 79.9. The maximum atomic E-state index is 5.28. The van der Waals surface area contributed by atoms with Gasteiger partial charge in [-0.25, -0.2) is 0 Å². The Morgan fingerprint density at radius 3 is 2.71 bits per heavy atom. The summed E-state index contributed by atoms with van der Waals surface area (Å²) in [6.07, 6.45) is 3.78. The van der Waals surface area contributed by atoms with Gasteiger partial charge in [0.25, 0.3) is 0 Å². The second-order valence-corrected chi connectivity index (χ2v) is 3.82. The Morgan fingerprint density at radius 1 is 1.36 bits per heavy atom. The molecule has 1 aromatic carbocycles. The van der Waals surface area contributed by atoms with Crippen LogP contribution in [0.25, 0.3) is 6.08 Å². The summed E-state index contributed by atoms with van der Waals surface area (Å²) in [7, 11) is 0. The lowest BCUT2D eigenvalue weighted by Gasteiger charge is -1.99. The molecule has 0 aromatic heterocycles. The predicted molar refractivity (Wildman–Crippen MR) is 64.4 cm³/mol. The molecule has 74 valence electrons. The van der Waals surface area contributed by atoms with Gasteiger partial charge in [-0.2, -0.15) is 0 Å². The fourth-order valence-electron chi connectivity index (χ4n) is 1.01. The molecule has 0 unspecified atom stereocenters. The Hall–Kier alpha value is -0.860. The van der Waals surface area contributed by atoms with Crippen LogP contribution in [-0.4, -0.2) is 13.2 Å². The van der Waals surface area contributed by atoms with Crippen LogP contribution in [0, 0.1) is 0 Å². The SMILES string of the molecule is C=CCOC/C(Br)=C\c1ccccc1. The first kappa shape index (κ1) is 11.2. The predicted octanol–water partition coefficient (Wildman–Crippen LogP) is 3.63. The molecule has 0 saturated heterocycles. The normalized spacial score (nSPS) is 11.4. The fourth-order valence-corrected chi connectivity index (χ4v) is 1.44. The minimum Gasteiger partial charge on any atom is -0.372 e. The molecule has 0 aliphatic heterocycles. The quantitative estimate of drug-likeness (QED) is 0.575. The minimum absolute atomic E-state index is 0.581. The van der Waals surface area contributed by atoms with E-state index in [4.69, 9.17) is 4.74 Å². The lowest BCUT2D eigenvalue weighted by Crippen LogP contribution is -1.93. The standard InChI is InChI=1S/C12H13BrO/c1-2-8-14-10-12(13)9-11-6-4-3-5-7-11/h2-7,9H,1,8,10H2/b12-9+. The zero-order valence-corrected chi connectivity index (χ0v) is 9.53. The van der Waals surface area contributed by atoms with Crippen molar-refractivity contribution in [2.45, 2.75) is 0 Å². The van der Waals surface area contributed by atoms with Crippen LogP contribution in [0.1, 0.15) is 5.56 Å². The summed E-state index contributed by atoms with van der Waals surface area (Å²) in [5.41, 5.74) is 1.17. The van der Waals surface area contributed by atoms with Gasteiger partial charge in [-0.1, -0.05) is 52.3 Å². The molecule has 0 fully saturated rings. The lowest BCUT2D eigenvalue weighted by molar-refractivity contribution is 0.193. The van der Waals surface area contributed by atoms with E-state index in [0.29, 0.717) is 13.2 Å². The second kappa shape index (κ2) is 6.57. The first-order valence-electron chi connectivity index (χ1n) is 4.42. The van der Waals surface area contributed by atoms with Crippen molar-refractivity contribution >= 4 is 22.0 Å². The van der Waals surface area contributed by atoms with E-state index in [1.54, 1.807) is 6.08 Å². The van der Waals surface area contributed by atoms with Crippen molar-refractivity contribution in [3.8, 4) is 0 Å². The molecule has 0 bridgehead atoms. The summed E-state index contributed by atoms with van der Waals surface area (Å²) in [4.78, 5) is 0. The molecule has 0 aliphatic rings. The summed E-state index contributed by atoms with van der Waals surface area (Å²) >= 11 is 3.45. The molecule has 1 nitrogen and oxygen atoms in total. The average Bonchev–Trinajstić information content (AvgIpc) is 2.20. The molecule has 0 N–H and O–H groups in total. The van der Waals surface area contributed by atoms with E-state index in [-0.39, 0.29) is 0 Å². The number of ether oxygens (including phenoxy) is 1. The number of halogens is 1. The molecular weight excluding hydrogens is 240 g/mol. The van der Waals surface area contributed by atoms with Gasteiger partial charge in [0, 0.05) is 4.48 Å². The van der Waals surface area contributed by atoms with Crippen molar-refractivity contribution in [2.24, 2.45) is 0 Å². The van der Waals surface area contributed by atoms with Gasteiger partial charge in [-0.3, -0.25) is 0 Å². The third-order valence-corrected chi connectivity index (χ3v) is 2.06. The molecule has 0 spiro atoms. The van der Waals surface area contributed by atoms with E-state index >= 15 is 0 Å². The van der Waals surface area contributed by atoms with E-state index in [1.165, 1.54) is 5.56 Å². The smallest absolute Gasteiger partial charge is 0.0786 e. The highest BCUT2D eigenvalue weighted by Gasteiger charge is 1.92. The van der Waals surface area contributed by atoms with Crippen LogP contribution in [0.15, 0.2) is 47.5 Å². The van der Waals surface area contributed by atoms with Crippen LogP contribution in [0.5, 0.6) is 0 Å². The van der Waals surface area contributed by atoms with Gasteiger partial charge < -0.3 is 4.74 Å². The van der Waals surface area contributed by atoms with Crippen molar-refractivity contribution in [1.82, 2.24) is 0 Å². The summed E-state index contributed by atoms with van der Waals surface area (Å²) in [5, 5.41) is 0. The second-order valence-electron chi connectivity index (χ2n) is 2.81. The molecule has 0 radical (unpaired) electrons. The van der Waals surface area contributed by atoms with Crippen molar-refractivity contribution in [3.05, 3.63) is 53.0 Å². The van der Waals surface area contributed by atoms with Crippen molar-refractivity contribution < 1.29 is 4.74 Å². The summed E-state index contributed by atoms with van der Waals surface area (Å²) in [6, 6.07) is 10.1. The molecule has 0 saturated carbocycles. The molecule has 0 amide bonds. The zero-order chi connectivity index (χ0) is 10.2. The minimum atomic E-state index is 0.581. The van der Waals surface area contributed by atoms with E-state index < -0.39 is 0 Å². The topological polar surface area (TPSA) is 9.23 Å². The Kier molecular flexibility index (Phi) is 5.27. The first-order valence-corrected chi connectivity index (χ1v) is 5.22. The molecule has 1 aromatic rings. The Balaban J connectivity index is 2.47. The molecule has 2 heteroatoms. The maximum absolute atomic E-state index is 5.28. The number of hydrogen-bond acceptors (Lipinski definition) is 1.